The van der Waals surface area contributed by atoms with Crippen LogP contribution in [0.2, 0.25) is 0 Å². The van der Waals surface area contributed by atoms with Gasteiger partial charge in [-0.2, -0.15) is 0 Å². The summed E-state index contributed by atoms with van der Waals surface area (Å²) in [5.74, 6) is 2.41. The van der Waals surface area contributed by atoms with Gasteiger partial charge >= 0.3 is 0 Å². The van der Waals surface area contributed by atoms with Gasteiger partial charge in [0.05, 0.1) is 0 Å². The maximum Gasteiger partial charge on any atom is 0.281 e. The molecular formula is C12H17BO2. The van der Waals surface area contributed by atoms with Crippen LogP contribution in [0, 0.1) is 0 Å². The van der Waals surface area contributed by atoms with Gasteiger partial charge in [-0.15, -0.1) is 5.98 Å². The maximum atomic E-state index is 9.34. The second-order valence-electron chi connectivity index (χ2n) is 2.74. The van der Waals surface area contributed by atoms with Crippen molar-refractivity contribution >= 4 is 7.85 Å². The number of allylic oxidation sites excluding steroid dienone is 7. The van der Waals surface area contributed by atoms with Crippen LogP contribution in [0.1, 0.15) is 13.3 Å². The van der Waals surface area contributed by atoms with Crippen molar-refractivity contribution in [3.63, 3.8) is 0 Å². The van der Waals surface area contributed by atoms with Crippen LogP contribution in [-0.2, 0) is 4.74 Å². The number of ether oxygens (including phenoxy) is 1. The van der Waals surface area contributed by atoms with Gasteiger partial charge < -0.3 is 9.84 Å². The Morgan fingerprint density at radius 3 is 2.60 bits per heavy atom. The quantitative estimate of drug-likeness (QED) is 0.409. The second-order valence-corrected chi connectivity index (χ2v) is 2.74. The van der Waals surface area contributed by atoms with Crippen LogP contribution in [0.15, 0.2) is 60.7 Å². The first-order valence-electron chi connectivity index (χ1n) is 4.92. The lowest BCUT2D eigenvalue weighted by Crippen LogP contribution is -1.90. The van der Waals surface area contributed by atoms with E-state index in [1.54, 1.807) is 24.3 Å². The van der Waals surface area contributed by atoms with E-state index in [9.17, 15) is 5.11 Å². The standard InChI is InChI=1S/C12H17BO2/c1-3-5-6-8-11(4-2)15-12(14)9-7-10-13/h3,5-10,14H,1,4,13H2,2H3/b6-5-,10-7-,11-8+,12-9+. The Balaban J connectivity index is 4.38. The van der Waals surface area contributed by atoms with Crippen molar-refractivity contribution in [1.82, 2.24) is 0 Å². The molecule has 0 aliphatic carbocycles. The molecule has 0 atom stereocenters. The molecule has 2 nitrogen and oxygen atoms in total. The molecule has 15 heavy (non-hydrogen) atoms. The third kappa shape index (κ3) is 7.44. The largest absolute Gasteiger partial charge is 0.481 e. The normalized spacial score (nSPS) is 13.7. The van der Waals surface area contributed by atoms with Crippen LogP contribution in [0.5, 0.6) is 0 Å². The number of hydrogen-bond acceptors (Lipinski definition) is 2. The Bertz CT molecular complexity index is 299. The maximum absolute atomic E-state index is 9.34. The van der Waals surface area contributed by atoms with Crippen molar-refractivity contribution in [2.24, 2.45) is 0 Å². The Morgan fingerprint density at radius 1 is 1.33 bits per heavy atom. The summed E-state index contributed by atoms with van der Waals surface area (Å²) in [6, 6.07) is 0. The zero-order valence-electron chi connectivity index (χ0n) is 9.31. The van der Waals surface area contributed by atoms with Crippen molar-refractivity contribution in [2.75, 3.05) is 0 Å². The highest BCUT2D eigenvalue weighted by atomic mass is 16.6. The summed E-state index contributed by atoms with van der Waals surface area (Å²) in [4.78, 5) is 0. The summed E-state index contributed by atoms with van der Waals surface area (Å²) >= 11 is 0. The summed E-state index contributed by atoms with van der Waals surface area (Å²) < 4.78 is 5.19. The third-order valence-corrected chi connectivity index (χ3v) is 1.54. The first-order chi connectivity index (χ1) is 7.24. The molecule has 80 valence electrons. The smallest absolute Gasteiger partial charge is 0.281 e. The van der Waals surface area contributed by atoms with E-state index in [-0.39, 0.29) is 5.95 Å². The Morgan fingerprint density at radius 2 is 2.07 bits per heavy atom. The van der Waals surface area contributed by atoms with Crippen LogP contribution in [-0.4, -0.2) is 13.0 Å². The fraction of sp³-hybridized carbons (Fsp3) is 0.167. The van der Waals surface area contributed by atoms with E-state index in [0.717, 1.165) is 6.42 Å². The lowest BCUT2D eigenvalue weighted by atomic mass is 10.1. The van der Waals surface area contributed by atoms with Gasteiger partial charge in [0.15, 0.2) is 0 Å². The molecule has 1 N–H and O–H groups in total. The minimum Gasteiger partial charge on any atom is -0.481 e. The van der Waals surface area contributed by atoms with Crippen LogP contribution in [0.3, 0.4) is 0 Å². The molecule has 0 aromatic rings. The predicted octanol–water partition coefficient (Wildman–Crippen LogP) is 2.59. The lowest BCUT2D eigenvalue weighted by Gasteiger charge is -2.04. The first kappa shape index (κ1) is 13.4. The second kappa shape index (κ2) is 8.94. The molecule has 0 radical (unpaired) electrons. The highest BCUT2D eigenvalue weighted by Gasteiger charge is 1.96. The van der Waals surface area contributed by atoms with Gasteiger partial charge in [0.1, 0.15) is 13.6 Å². The number of rotatable bonds is 6. The molecule has 0 spiro atoms. The third-order valence-electron chi connectivity index (χ3n) is 1.54. The first-order valence-corrected chi connectivity index (χ1v) is 4.92. The topological polar surface area (TPSA) is 29.5 Å². The van der Waals surface area contributed by atoms with E-state index in [1.165, 1.54) is 6.08 Å². The molecule has 0 fully saturated rings. The van der Waals surface area contributed by atoms with Crippen molar-refractivity contribution in [3.05, 3.63) is 60.7 Å². The average Bonchev–Trinajstić information content (AvgIpc) is 2.25. The molecule has 0 aromatic carbocycles. The Kier molecular flexibility index (Phi) is 7.97. The van der Waals surface area contributed by atoms with Gasteiger partial charge in [-0.25, -0.2) is 0 Å². The molecule has 0 amide bonds. The highest BCUT2D eigenvalue weighted by Crippen LogP contribution is 2.08. The molecule has 0 bridgehead atoms. The van der Waals surface area contributed by atoms with E-state index in [4.69, 9.17) is 4.74 Å². The summed E-state index contributed by atoms with van der Waals surface area (Å²) in [6.45, 7) is 5.51. The molecule has 0 unspecified atom stereocenters. The van der Waals surface area contributed by atoms with Crippen LogP contribution in [0.4, 0.5) is 0 Å². The summed E-state index contributed by atoms with van der Waals surface area (Å²) in [5, 5.41) is 9.34. The van der Waals surface area contributed by atoms with Gasteiger partial charge in [-0.1, -0.05) is 37.8 Å². The SMILES string of the molecule is B/C=C\C=C(/O)O/C(=C/C=C\C=C)CC. The van der Waals surface area contributed by atoms with Crippen molar-refractivity contribution in [3.8, 4) is 0 Å². The molecule has 0 aliphatic rings. The molecule has 0 rings (SSSR count). The van der Waals surface area contributed by atoms with Gasteiger partial charge in [-0.05, 0) is 6.08 Å². The monoisotopic (exact) mass is 204 g/mol. The predicted molar refractivity (Wildman–Crippen MR) is 67.2 cm³/mol. The minimum absolute atomic E-state index is 0.104. The number of hydrogen-bond donors (Lipinski definition) is 1. The van der Waals surface area contributed by atoms with E-state index in [1.807, 2.05) is 26.8 Å². The highest BCUT2D eigenvalue weighted by molar-refractivity contribution is 6.17. The molecule has 0 heterocycles. The van der Waals surface area contributed by atoms with Gasteiger partial charge in [0.2, 0.25) is 0 Å². The molecule has 0 saturated heterocycles. The summed E-state index contributed by atoms with van der Waals surface area (Å²) in [7, 11) is 1.87. The van der Waals surface area contributed by atoms with Gasteiger partial charge in [0, 0.05) is 12.5 Å². The average molecular weight is 204 g/mol. The van der Waals surface area contributed by atoms with E-state index in [0.29, 0.717) is 5.76 Å². The molecular weight excluding hydrogens is 187 g/mol. The fourth-order valence-electron chi connectivity index (χ4n) is 0.812. The van der Waals surface area contributed by atoms with E-state index in [2.05, 4.69) is 6.58 Å². The van der Waals surface area contributed by atoms with Crippen molar-refractivity contribution < 1.29 is 9.84 Å². The van der Waals surface area contributed by atoms with Gasteiger partial charge in [-0.3, -0.25) is 0 Å². The molecule has 0 aliphatic heterocycles. The number of aliphatic hydroxyl groups excluding tert-OH is 1. The fourth-order valence-corrected chi connectivity index (χ4v) is 0.812. The summed E-state index contributed by atoms with van der Waals surface area (Å²) in [6.07, 6.45) is 11.0. The van der Waals surface area contributed by atoms with Gasteiger partial charge in [0.25, 0.3) is 5.95 Å². The number of aliphatic hydroxyl groups is 1. The van der Waals surface area contributed by atoms with Crippen molar-refractivity contribution in [2.45, 2.75) is 13.3 Å². The molecule has 0 aromatic heterocycles. The molecule has 3 heteroatoms. The zero-order chi connectivity index (χ0) is 11.5. The van der Waals surface area contributed by atoms with Crippen LogP contribution < -0.4 is 0 Å². The van der Waals surface area contributed by atoms with Crippen LogP contribution in [0.25, 0.3) is 0 Å². The van der Waals surface area contributed by atoms with Crippen molar-refractivity contribution in [1.29, 1.82) is 0 Å². The molecule has 0 saturated carbocycles. The summed E-state index contributed by atoms with van der Waals surface area (Å²) in [5.41, 5.74) is 0. The lowest BCUT2D eigenvalue weighted by molar-refractivity contribution is 0.142. The Hall–Kier alpha value is -1.64. The Labute approximate surface area is 92.4 Å². The minimum atomic E-state index is -0.104. The van der Waals surface area contributed by atoms with Crippen LogP contribution >= 0.6 is 0 Å². The zero-order valence-corrected chi connectivity index (χ0v) is 9.31. The van der Waals surface area contributed by atoms with E-state index < -0.39 is 0 Å². The van der Waals surface area contributed by atoms with E-state index >= 15 is 0 Å².